The number of nitrogens with zero attached hydrogens (tertiary/aromatic N) is 2. The van der Waals surface area contributed by atoms with Crippen LogP contribution in [0.3, 0.4) is 0 Å². The summed E-state index contributed by atoms with van der Waals surface area (Å²) in [7, 11) is 0. The molecule has 5 heteroatoms. The molecule has 4 aromatic rings. The smallest absolute Gasteiger partial charge is 0.335 e. The molecule has 0 aliphatic carbocycles. The zero-order chi connectivity index (χ0) is 21.6. The Morgan fingerprint density at radius 1 is 0.806 bits per heavy atom. The van der Waals surface area contributed by atoms with E-state index in [0.717, 1.165) is 29.7 Å². The van der Waals surface area contributed by atoms with Crippen molar-refractivity contribution in [1.82, 2.24) is 0 Å². The number of fused-ring (bicyclic) bond motifs is 1. The number of aromatic carboxylic acids is 1. The molecule has 0 saturated carbocycles. The van der Waals surface area contributed by atoms with Gasteiger partial charge in [-0.25, -0.2) is 4.79 Å². The Morgan fingerprint density at radius 2 is 1.45 bits per heavy atom. The molecule has 0 saturated heterocycles. The number of benzene rings is 4. The number of carboxylic acid groups (broad SMARTS) is 1. The molecule has 0 aromatic heterocycles. The maximum Gasteiger partial charge on any atom is 0.335 e. The summed E-state index contributed by atoms with van der Waals surface area (Å²) in [6.07, 6.45) is 0. The summed E-state index contributed by atoms with van der Waals surface area (Å²) >= 11 is 0. The van der Waals surface area contributed by atoms with Gasteiger partial charge in [0.25, 0.3) is 0 Å². The van der Waals surface area contributed by atoms with Crippen molar-refractivity contribution in [3.8, 4) is 5.75 Å². The Kier molecular flexibility index (Phi) is 5.94. The summed E-state index contributed by atoms with van der Waals surface area (Å²) in [5, 5.41) is 19.6. The predicted molar refractivity (Wildman–Crippen MR) is 124 cm³/mol. The third-order valence-electron chi connectivity index (χ3n) is 5.01. The first-order valence-corrected chi connectivity index (χ1v) is 10.0. The number of hydrogen-bond acceptors (Lipinski definition) is 4. The van der Waals surface area contributed by atoms with Crippen molar-refractivity contribution in [1.29, 1.82) is 0 Å². The van der Waals surface area contributed by atoms with Gasteiger partial charge in [-0.15, -0.1) is 0 Å². The molecule has 31 heavy (non-hydrogen) atoms. The highest BCUT2D eigenvalue weighted by molar-refractivity contribution is 6.11. The monoisotopic (exact) mass is 410 g/mol. The topological polar surface area (TPSA) is 73.1 Å². The average molecular weight is 410 g/mol. The van der Waals surface area contributed by atoms with E-state index in [0.29, 0.717) is 0 Å². The van der Waals surface area contributed by atoms with Gasteiger partial charge in [-0.1, -0.05) is 60.7 Å². The van der Waals surface area contributed by atoms with E-state index >= 15 is 0 Å². The Hall–Kier alpha value is -4.12. The Morgan fingerprint density at radius 3 is 2.16 bits per heavy atom. The lowest BCUT2D eigenvalue weighted by Crippen LogP contribution is -2.27. The van der Waals surface area contributed by atoms with E-state index in [4.69, 9.17) is 5.11 Å². The number of carbonyl (C=O) groups is 1. The second kappa shape index (κ2) is 9.13. The standard InChI is InChI=1S/C15H14N2.C11H8O3/c1-3-7-13(8-4-1)15-16-11-12-17(15)14-9-5-2-6-10-14;12-10-4-3-7-5-9(11(13)14)2-1-8(7)6-10/h1-10H,11-12H2;1-6,12H,(H,13,14). The molecular formula is C26H22N2O3. The first-order chi connectivity index (χ1) is 15.1. The fourth-order valence-corrected chi connectivity index (χ4v) is 3.51. The number of aliphatic imine (C=N–C) groups is 1. The average Bonchev–Trinajstić information content (AvgIpc) is 3.30. The van der Waals surface area contributed by atoms with Crippen LogP contribution in [0.15, 0.2) is 102 Å². The first kappa shape index (κ1) is 20.2. The fourth-order valence-electron chi connectivity index (χ4n) is 3.51. The number of rotatable bonds is 3. The van der Waals surface area contributed by atoms with Crippen LogP contribution in [-0.4, -0.2) is 35.1 Å². The van der Waals surface area contributed by atoms with Crippen LogP contribution in [0.5, 0.6) is 5.75 Å². The van der Waals surface area contributed by atoms with Gasteiger partial charge in [0.15, 0.2) is 0 Å². The number of amidine groups is 1. The minimum Gasteiger partial charge on any atom is -0.508 e. The number of phenolic OH excluding ortho intramolecular Hbond substituents is 1. The Bertz CT molecular complexity index is 1220. The molecule has 0 fully saturated rings. The maximum atomic E-state index is 10.7. The van der Waals surface area contributed by atoms with E-state index in [2.05, 4.69) is 58.4 Å². The van der Waals surface area contributed by atoms with E-state index < -0.39 is 5.97 Å². The van der Waals surface area contributed by atoms with Crippen LogP contribution in [0, 0.1) is 0 Å². The largest absolute Gasteiger partial charge is 0.508 e. The predicted octanol–water partition coefficient (Wildman–Crippen LogP) is 5.20. The molecule has 0 spiro atoms. The highest BCUT2D eigenvalue weighted by Crippen LogP contribution is 2.21. The molecule has 1 aliphatic heterocycles. The molecule has 0 atom stereocenters. The summed E-state index contributed by atoms with van der Waals surface area (Å²) < 4.78 is 0. The first-order valence-electron chi connectivity index (χ1n) is 10.0. The quantitative estimate of drug-likeness (QED) is 0.487. The molecule has 5 nitrogen and oxygen atoms in total. The van der Waals surface area contributed by atoms with Gasteiger partial charge in [-0.2, -0.15) is 0 Å². The van der Waals surface area contributed by atoms with Gasteiger partial charge in [-0.3, -0.25) is 4.99 Å². The summed E-state index contributed by atoms with van der Waals surface area (Å²) in [6.45, 7) is 1.84. The SMILES string of the molecule is O=C(O)c1ccc2cc(O)ccc2c1.c1ccc(C2=NCCN2c2ccccc2)cc1. The summed E-state index contributed by atoms with van der Waals surface area (Å²) in [4.78, 5) is 17.5. The van der Waals surface area contributed by atoms with Crippen LogP contribution >= 0.6 is 0 Å². The molecule has 154 valence electrons. The molecule has 0 amide bonds. The molecule has 1 heterocycles. The number of hydrogen-bond donors (Lipinski definition) is 2. The lowest BCUT2D eigenvalue weighted by molar-refractivity contribution is 0.0697. The summed E-state index contributed by atoms with van der Waals surface area (Å²) in [5.74, 6) is 0.317. The van der Waals surface area contributed by atoms with Crippen LogP contribution in [0.2, 0.25) is 0 Å². The highest BCUT2D eigenvalue weighted by atomic mass is 16.4. The van der Waals surface area contributed by atoms with Crippen molar-refractivity contribution in [2.75, 3.05) is 18.0 Å². The van der Waals surface area contributed by atoms with Crippen molar-refractivity contribution < 1.29 is 15.0 Å². The lowest BCUT2D eigenvalue weighted by atomic mass is 10.1. The third-order valence-corrected chi connectivity index (χ3v) is 5.01. The fraction of sp³-hybridized carbons (Fsp3) is 0.0769. The minimum absolute atomic E-state index is 0.181. The van der Waals surface area contributed by atoms with E-state index in [1.54, 1.807) is 24.3 Å². The molecule has 0 radical (unpaired) electrons. The zero-order valence-corrected chi connectivity index (χ0v) is 16.8. The van der Waals surface area contributed by atoms with E-state index in [1.165, 1.54) is 23.4 Å². The van der Waals surface area contributed by atoms with Crippen molar-refractivity contribution in [3.63, 3.8) is 0 Å². The maximum absolute atomic E-state index is 10.7. The Balaban J connectivity index is 0.000000152. The van der Waals surface area contributed by atoms with Crippen LogP contribution in [0.1, 0.15) is 15.9 Å². The van der Waals surface area contributed by atoms with Gasteiger partial charge in [0, 0.05) is 17.8 Å². The number of anilines is 1. The molecule has 0 bridgehead atoms. The van der Waals surface area contributed by atoms with E-state index in [-0.39, 0.29) is 11.3 Å². The summed E-state index contributed by atoms with van der Waals surface area (Å²) in [5.41, 5.74) is 2.66. The highest BCUT2D eigenvalue weighted by Gasteiger charge is 2.19. The molecule has 2 N–H and O–H groups in total. The molecule has 5 rings (SSSR count). The van der Waals surface area contributed by atoms with Crippen molar-refractivity contribution in [3.05, 3.63) is 108 Å². The van der Waals surface area contributed by atoms with Gasteiger partial charge in [0.2, 0.25) is 0 Å². The van der Waals surface area contributed by atoms with Crippen molar-refractivity contribution >= 4 is 28.3 Å². The zero-order valence-electron chi connectivity index (χ0n) is 16.8. The number of phenols is 1. The number of para-hydroxylation sites is 1. The van der Waals surface area contributed by atoms with E-state index in [1.807, 2.05) is 12.1 Å². The van der Waals surface area contributed by atoms with Gasteiger partial charge in [0.05, 0.1) is 12.1 Å². The van der Waals surface area contributed by atoms with E-state index in [9.17, 15) is 9.90 Å². The van der Waals surface area contributed by atoms with Gasteiger partial charge >= 0.3 is 5.97 Å². The van der Waals surface area contributed by atoms with Crippen molar-refractivity contribution in [2.24, 2.45) is 4.99 Å². The minimum atomic E-state index is -0.944. The van der Waals surface area contributed by atoms with Crippen LogP contribution in [-0.2, 0) is 0 Å². The molecular weight excluding hydrogens is 388 g/mol. The van der Waals surface area contributed by atoms with Gasteiger partial charge in [0.1, 0.15) is 11.6 Å². The van der Waals surface area contributed by atoms with Crippen LogP contribution in [0.4, 0.5) is 5.69 Å². The molecule has 1 aliphatic rings. The van der Waals surface area contributed by atoms with Gasteiger partial charge in [-0.05, 0) is 47.2 Å². The van der Waals surface area contributed by atoms with Gasteiger partial charge < -0.3 is 15.1 Å². The second-order valence-electron chi connectivity index (χ2n) is 7.11. The lowest BCUT2D eigenvalue weighted by Gasteiger charge is -2.20. The van der Waals surface area contributed by atoms with Crippen molar-refractivity contribution in [2.45, 2.75) is 0 Å². The molecule has 4 aromatic carbocycles. The normalized spacial score (nSPS) is 12.8. The molecule has 0 unspecified atom stereocenters. The van der Waals surface area contributed by atoms with Crippen LogP contribution in [0.25, 0.3) is 10.8 Å². The second-order valence-corrected chi connectivity index (χ2v) is 7.11. The number of carboxylic acids is 1. The third kappa shape index (κ3) is 4.73. The summed E-state index contributed by atoms with van der Waals surface area (Å²) in [6, 6.07) is 30.4. The van der Waals surface area contributed by atoms with Crippen LogP contribution < -0.4 is 4.90 Å². The Labute approximate surface area is 180 Å². The number of aromatic hydroxyl groups is 1.